The predicted molar refractivity (Wildman–Crippen MR) is 123 cm³/mol. The molecule has 1 atom stereocenters. The van der Waals surface area contributed by atoms with Gasteiger partial charge in [0.05, 0.1) is 30.8 Å². The van der Waals surface area contributed by atoms with E-state index in [9.17, 15) is 42.9 Å². The third-order valence-corrected chi connectivity index (χ3v) is 5.17. The minimum Gasteiger partial charge on any atom is -0.478 e. The number of aliphatic imine (C=N–C) groups is 1. The number of amides is 2. The number of carbonyl (C=O) groups excluding carboxylic acids is 2. The molecule has 0 saturated carbocycles. The molecule has 11 nitrogen and oxygen atoms in total. The first kappa shape index (κ1) is 26.4. The normalized spacial score (nSPS) is 13.4. The van der Waals surface area contributed by atoms with Crippen LogP contribution in [-0.4, -0.2) is 64.5 Å². The van der Waals surface area contributed by atoms with Crippen LogP contribution in [0.2, 0.25) is 0 Å². The highest BCUT2D eigenvalue weighted by Crippen LogP contribution is 2.28. The van der Waals surface area contributed by atoms with Crippen LogP contribution in [0.1, 0.15) is 27.9 Å². The SMILES string of the molecule is NC1=NCc2cc(NC(=O)C(O)CC(=O)N(CCO)c3ccc(NC(F)(F)F)cc3C(=O)O)ccc21. The third-order valence-electron chi connectivity index (χ3n) is 5.17. The largest absolute Gasteiger partial charge is 0.482 e. The molecule has 1 heterocycles. The maximum atomic E-state index is 12.8. The topological polar surface area (TPSA) is 178 Å². The number of benzene rings is 2. The van der Waals surface area contributed by atoms with E-state index in [0.29, 0.717) is 29.7 Å². The van der Waals surface area contributed by atoms with Crippen LogP contribution in [0.3, 0.4) is 0 Å². The Labute approximate surface area is 202 Å². The molecule has 14 heteroatoms. The molecule has 192 valence electrons. The fourth-order valence-corrected chi connectivity index (χ4v) is 3.57. The minimum absolute atomic E-state index is 0.321. The van der Waals surface area contributed by atoms with E-state index in [1.54, 1.807) is 12.1 Å². The number of carbonyl (C=O) groups is 3. The Bertz CT molecular complexity index is 1220. The van der Waals surface area contributed by atoms with Crippen molar-refractivity contribution in [1.29, 1.82) is 0 Å². The number of hydrogen-bond donors (Lipinski definition) is 6. The molecule has 1 aliphatic rings. The van der Waals surface area contributed by atoms with Gasteiger partial charge in [0.25, 0.3) is 5.91 Å². The summed E-state index contributed by atoms with van der Waals surface area (Å²) in [6, 6.07) is 7.32. The minimum atomic E-state index is -4.83. The van der Waals surface area contributed by atoms with Crippen molar-refractivity contribution in [3.05, 3.63) is 53.1 Å². The van der Waals surface area contributed by atoms with E-state index in [1.807, 2.05) is 0 Å². The fraction of sp³-hybridized carbons (Fsp3) is 0.273. The number of aromatic carboxylic acids is 1. The number of rotatable bonds is 9. The van der Waals surface area contributed by atoms with Gasteiger partial charge in [0.15, 0.2) is 0 Å². The highest BCUT2D eigenvalue weighted by Gasteiger charge is 2.30. The number of amidine groups is 1. The number of nitrogens with one attached hydrogen (secondary N) is 2. The summed E-state index contributed by atoms with van der Waals surface area (Å²) >= 11 is 0. The van der Waals surface area contributed by atoms with Crippen LogP contribution in [0.5, 0.6) is 0 Å². The van der Waals surface area contributed by atoms with Crippen molar-refractivity contribution in [3.63, 3.8) is 0 Å². The fourth-order valence-electron chi connectivity index (χ4n) is 3.57. The molecule has 0 aliphatic carbocycles. The Hall–Kier alpha value is -4.17. The molecule has 0 aromatic heterocycles. The smallest absolute Gasteiger partial charge is 0.478 e. The number of aliphatic hydroxyl groups excluding tert-OH is 2. The van der Waals surface area contributed by atoms with Crippen LogP contribution in [0.4, 0.5) is 30.2 Å². The second-order valence-corrected chi connectivity index (χ2v) is 7.71. The molecule has 36 heavy (non-hydrogen) atoms. The number of carboxylic acid groups (broad SMARTS) is 1. The van der Waals surface area contributed by atoms with Gasteiger partial charge in [0.2, 0.25) is 5.91 Å². The van der Waals surface area contributed by atoms with Crippen LogP contribution in [0, 0.1) is 0 Å². The summed E-state index contributed by atoms with van der Waals surface area (Å²) in [5.41, 5.74) is 5.97. The summed E-state index contributed by atoms with van der Waals surface area (Å²) in [4.78, 5) is 41.8. The molecule has 2 aromatic carbocycles. The van der Waals surface area contributed by atoms with Crippen molar-refractivity contribution in [2.45, 2.75) is 25.4 Å². The lowest BCUT2D eigenvalue weighted by molar-refractivity contribution is -0.129. The van der Waals surface area contributed by atoms with Gasteiger partial charge in [-0.1, -0.05) is 0 Å². The summed E-state index contributed by atoms with van der Waals surface area (Å²) < 4.78 is 37.8. The molecule has 1 aliphatic heterocycles. The first-order valence-corrected chi connectivity index (χ1v) is 10.4. The Morgan fingerprint density at radius 1 is 1.14 bits per heavy atom. The lowest BCUT2D eigenvalue weighted by Crippen LogP contribution is -2.39. The van der Waals surface area contributed by atoms with E-state index in [0.717, 1.165) is 22.6 Å². The maximum Gasteiger partial charge on any atom is 0.482 e. The van der Waals surface area contributed by atoms with E-state index in [4.69, 9.17) is 5.73 Å². The van der Waals surface area contributed by atoms with E-state index in [2.05, 4.69) is 10.3 Å². The number of fused-ring (bicyclic) bond motifs is 1. The Morgan fingerprint density at radius 2 is 1.83 bits per heavy atom. The van der Waals surface area contributed by atoms with Crippen molar-refractivity contribution in [1.82, 2.24) is 0 Å². The average molecular weight is 509 g/mol. The zero-order chi connectivity index (χ0) is 26.6. The van der Waals surface area contributed by atoms with Gasteiger partial charge in [0.1, 0.15) is 11.9 Å². The zero-order valence-electron chi connectivity index (χ0n) is 18.5. The lowest BCUT2D eigenvalue weighted by atomic mass is 10.1. The summed E-state index contributed by atoms with van der Waals surface area (Å²) in [5.74, 6) is -3.14. The predicted octanol–water partition coefficient (Wildman–Crippen LogP) is 1.25. The van der Waals surface area contributed by atoms with Crippen LogP contribution in [0.15, 0.2) is 41.4 Å². The molecule has 0 spiro atoms. The number of carboxylic acids is 1. The molecule has 0 fully saturated rings. The van der Waals surface area contributed by atoms with Crippen molar-refractivity contribution in [2.24, 2.45) is 10.7 Å². The van der Waals surface area contributed by atoms with Gasteiger partial charge in [-0.2, -0.15) is 13.2 Å². The van der Waals surface area contributed by atoms with Crippen molar-refractivity contribution >= 4 is 40.7 Å². The van der Waals surface area contributed by atoms with Crippen LogP contribution < -0.4 is 21.3 Å². The molecule has 0 saturated heterocycles. The highest BCUT2D eigenvalue weighted by atomic mass is 19.4. The van der Waals surface area contributed by atoms with Crippen LogP contribution >= 0.6 is 0 Å². The van der Waals surface area contributed by atoms with E-state index < -0.39 is 61.0 Å². The van der Waals surface area contributed by atoms with E-state index in [-0.39, 0.29) is 5.69 Å². The van der Waals surface area contributed by atoms with E-state index in [1.165, 1.54) is 11.4 Å². The number of nitrogens with two attached hydrogens (primary N) is 1. The molecule has 2 aromatic rings. The first-order valence-electron chi connectivity index (χ1n) is 10.4. The number of hydrogen-bond acceptors (Lipinski definition) is 8. The molecule has 2 amide bonds. The summed E-state index contributed by atoms with van der Waals surface area (Å²) in [7, 11) is 0. The van der Waals surface area contributed by atoms with E-state index >= 15 is 0 Å². The number of anilines is 3. The molecule has 1 unspecified atom stereocenters. The first-order chi connectivity index (χ1) is 16.9. The van der Waals surface area contributed by atoms with Gasteiger partial charge in [-0.3, -0.25) is 19.9 Å². The van der Waals surface area contributed by atoms with Gasteiger partial charge in [-0.25, -0.2) is 4.79 Å². The average Bonchev–Trinajstić information content (AvgIpc) is 3.16. The molecule has 7 N–H and O–H groups in total. The highest BCUT2D eigenvalue weighted by molar-refractivity contribution is 6.05. The second kappa shape index (κ2) is 10.6. The van der Waals surface area contributed by atoms with Crippen LogP contribution in [0.25, 0.3) is 0 Å². The summed E-state index contributed by atoms with van der Waals surface area (Å²) in [6.45, 7) is -0.743. The van der Waals surface area contributed by atoms with Crippen molar-refractivity contribution < 1.29 is 42.9 Å². The number of halogens is 3. The quantitative estimate of drug-likeness (QED) is 0.274. The monoisotopic (exact) mass is 509 g/mol. The Morgan fingerprint density at radius 3 is 2.47 bits per heavy atom. The van der Waals surface area contributed by atoms with Crippen molar-refractivity contribution in [2.75, 3.05) is 28.7 Å². The number of nitrogens with zero attached hydrogens (tertiary/aromatic N) is 2. The summed E-state index contributed by atoms with van der Waals surface area (Å²) in [5, 5.41) is 32.7. The Kier molecular flexibility index (Phi) is 7.80. The molecule has 0 radical (unpaired) electrons. The van der Waals surface area contributed by atoms with Gasteiger partial charge in [0, 0.05) is 23.5 Å². The summed E-state index contributed by atoms with van der Waals surface area (Å²) in [6.07, 6.45) is -7.48. The lowest BCUT2D eigenvalue weighted by Gasteiger charge is -2.25. The van der Waals surface area contributed by atoms with Crippen LogP contribution in [-0.2, 0) is 16.1 Å². The number of alkyl halides is 3. The van der Waals surface area contributed by atoms with Gasteiger partial charge in [-0.05, 0) is 42.0 Å². The molecular weight excluding hydrogens is 487 g/mol. The molecule has 0 bridgehead atoms. The molecule has 3 rings (SSSR count). The van der Waals surface area contributed by atoms with Gasteiger partial charge < -0.3 is 31.3 Å². The van der Waals surface area contributed by atoms with Crippen molar-refractivity contribution in [3.8, 4) is 0 Å². The molecular formula is C22H22F3N5O6. The second-order valence-electron chi connectivity index (χ2n) is 7.71. The zero-order valence-corrected chi connectivity index (χ0v) is 18.5. The Balaban J connectivity index is 1.75. The maximum absolute atomic E-state index is 12.8. The van der Waals surface area contributed by atoms with Gasteiger partial charge >= 0.3 is 12.3 Å². The third kappa shape index (κ3) is 6.28. The van der Waals surface area contributed by atoms with Gasteiger partial charge in [-0.15, -0.1) is 0 Å². The standard InChI is InChI=1S/C22H22F3N5O6/c23-22(24,25)29-13-2-4-16(15(8-13)21(35)36)30(5-6-31)18(33)9-17(32)20(34)28-12-1-3-14-11(7-12)10-27-19(14)26/h1-4,7-8,17,29,31-32H,5-6,9-10H2,(H2,26,27)(H,28,34)(H,35,36). The number of aliphatic hydroxyl groups is 2.